The Hall–Kier alpha value is -1.73. The number of nitriles is 1. The summed E-state index contributed by atoms with van der Waals surface area (Å²) >= 11 is 1.45. The van der Waals surface area contributed by atoms with Gasteiger partial charge in [-0.15, -0.1) is 11.3 Å². The van der Waals surface area contributed by atoms with Crippen molar-refractivity contribution in [1.29, 1.82) is 5.26 Å². The molecule has 0 amide bonds. The summed E-state index contributed by atoms with van der Waals surface area (Å²) in [5.74, 6) is 0. The quantitative estimate of drug-likeness (QED) is 0.686. The summed E-state index contributed by atoms with van der Waals surface area (Å²) in [4.78, 5) is 8.10. The minimum atomic E-state index is 0.462. The second-order valence-corrected chi connectivity index (χ2v) is 3.25. The van der Waals surface area contributed by atoms with E-state index in [2.05, 4.69) is 9.97 Å². The molecule has 0 unspecified atom stereocenters. The number of thiazole rings is 1. The second kappa shape index (κ2) is 3.33. The predicted molar refractivity (Wildman–Crippen MR) is 50.1 cm³/mol. The van der Waals surface area contributed by atoms with Gasteiger partial charge in [0.15, 0.2) is 5.69 Å². The summed E-state index contributed by atoms with van der Waals surface area (Å²) in [6, 6.07) is 5.77. The summed E-state index contributed by atoms with van der Waals surface area (Å²) in [6.45, 7) is 0. The molecule has 0 bridgehead atoms. The van der Waals surface area contributed by atoms with Crippen LogP contribution in [0.15, 0.2) is 29.9 Å². The molecule has 0 spiro atoms. The van der Waals surface area contributed by atoms with Crippen LogP contribution < -0.4 is 0 Å². The zero-order chi connectivity index (χ0) is 9.10. The molecule has 2 rings (SSSR count). The molecule has 2 aromatic heterocycles. The molecule has 62 valence electrons. The second-order valence-electron chi connectivity index (χ2n) is 2.39. The van der Waals surface area contributed by atoms with Crippen LogP contribution in [-0.4, -0.2) is 9.97 Å². The van der Waals surface area contributed by atoms with Crippen LogP contribution in [0.4, 0.5) is 0 Å². The van der Waals surface area contributed by atoms with Gasteiger partial charge in [0, 0.05) is 23.3 Å². The smallest absolute Gasteiger partial charge is 0.152 e. The van der Waals surface area contributed by atoms with Crippen LogP contribution in [0.5, 0.6) is 0 Å². The zero-order valence-corrected chi connectivity index (χ0v) is 7.45. The van der Waals surface area contributed by atoms with Crippen LogP contribution in [0.3, 0.4) is 0 Å². The molecule has 0 aliphatic carbocycles. The first-order valence-corrected chi connectivity index (χ1v) is 4.54. The lowest BCUT2D eigenvalue weighted by Gasteiger charge is -1.91. The predicted octanol–water partition coefficient (Wildman–Crippen LogP) is 2.08. The highest BCUT2D eigenvalue weighted by atomic mass is 32.1. The molecule has 13 heavy (non-hydrogen) atoms. The first-order valence-electron chi connectivity index (χ1n) is 3.66. The number of hydrogen-bond acceptors (Lipinski definition) is 4. The van der Waals surface area contributed by atoms with E-state index in [1.54, 1.807) is 17.8 Å². The SMILES string of the molecule is N#Cc1csc(-c2cccnc2)n1. The number of rotatable bonds is 1. The molecule has 0 aromatic carbocycles. The molecule has 0 saturated carbocycles. The molecule has 2 heterocycles. The van der Waals surface area contributed by atoms with Gasteiger partial charge in [-0.1, -0.05) is 0 Å². The minimum absolute atomic E-state index is 0.462. The third kappa shape index (κ3) is 1.55. The van der Waals surface area contributed by atoms with Gasteiger partial charge >= 0.3 is 0 Å². The van der Waals surface area contributed by atoms with E-state index in [9.17, 15) is 0 Å². The van der Waals surface area contributed by atoms with Crippen LogP contribution in [0, 0.1) is 11.3 Å². The average molecular weight is 187 g/mol. The maximum Gasteiger partial charge on any atom is 0.152 e. The molecular formula is C9H5N3S. The molecule has 4 heteroatoms. The average Bonchev–Trinajstić information content (AvgIpc) is 2.67. The number of pyridine rings is 1. The van der Waals surface area contributed by atoms with Crippen LogP contribution >= 0.6 is 11.3 Å². The Morgan fingerprint density at radius 3 is 3.00 bits per heavy atom. The van der Waals surface area contributed by atoms with Gasteiger partial charge in [0.1, 0.15) is 11.1 Å². The van der Waals surface area contributed by atoms with Crippen molar-refractivity contribution in [1.82, 2.24) is 9.97 Å². The Kier molecular flexibility index (Phi) is 2.02. The van der Waals surface area contributed by atoms with E-state index in [1.807, 2.05) is 18.2 Å². The van der Waals surface area contributed by atoms with E-state index in [1.165, 1.54) is 11.3 Å². The molecule has 0 saturated heterocycles. The lowest BCUT2D eigenvalue weighted by molar-refractivity contribution is 1.29. The topological polar surface area (TPSA) is 49.6 Å². The van der Waals surface area contributed by atoms with Crippen molar-refractivity contribution in [3.63, 3.8) is 0 Å². The first-order chi connectivity index (χ1) is 6.40. The van der Waals surface area contributed by atoms with E-state index in [0.717, 1.165) is 10.6 Å². The molecule has 0 fully saturated rings. The van der Waals surface area contributed by atoms with E-state index >= 15 is 0 Å². The third-order valence-electron chi connectivity index (χ3n) is 1.53. The monoisotopic (exact) mass is 187 g/mol. The van der Waals surface area contributed by atoms with Crippen molar-refractivity contribution < 1.29 is 0 Å². The van der Waals surface area contributed by atoms with Gasteiger partial charge < -0.3 is 0 Å². The Balaban J connectivity index is 2.43. The lowest BCUT2D eigenvalue weighted by Crippen LogP contribution is -1.78. The molecule has 0 N–H and O–H groups in total. The number of hydrogen-bond donors (Lipinski definition) is 0. The van der Waals surface area contributed by atoms with Gasteiger partial charge in [0.25, 0.3) is 0 Å². The van der Waals surface area contributed by atoms with Crippen molar-refractivity contribution in [2.75, 3.05) is 0 Å². The van der Waals surface area contributed by atoms with Gasteiger partial charge in [0.2, 0.25) is 0 Å². The van der Waals surface area contributed by atoms with Crippen molar-refractivity contribution in [2.45, 2.75) is 0 Å². The summed E-state index contributed by atoms with van der Waals surface area (Å²) < 4.78 is 0. The van der Waals surface area contributed by atoms with Gasteiger partial charge in [-0.05, 0) is 12.1 Å². The highest BCUT2D eigenvalue weighted by Gasteiger charge is 2.02. The number of aromatic nitrogens is 2. The molecule has 0 atom stereocenters. The van der Waals surface area contributed by atoms with Gasteiger partial charge in [-0.25, -0.2) is 4.98 Å². The van der Waals surface area contributed by atoms with E-state index in [0.29, 0.717) is 5.69 Å². The van der Waals surface area contributed by atoms with Crippen LogP contribution in [0.1, 0.15) is 5.69 Å². The Morgan fingerprint density at radius 2 is 2.38 bits per heavy atom. The maximum atomic E-state index is 8.58. The largest absolute Gasteiger partial charge is 0.264 e. The molecule has 3 nitrogen and oxygen atoms in total. The van der Waals surface area contributed by atoms with E-state index in [4.69, 9.17) is 5.26 Å². The molecule has 0 aliphatic heterocycles. The standard InChI is InChI=1S/C9H5N3S/c10-4-8-6-13-9(12-8)7-2-1-3-11-5-7/h1-3,5-6H. The van der Waals surface area contributed by atoms with Crippen molar-refractivity contribution in [2.24, 2.45) is 0 Å². The van der Waals surface area contributed by atoms with E-state index < -0.39 is 0 Å². The normalized spacial score (nSPS) is 9.46. The fraction of sp³-hybridized carbons (Fsp3) is 0. The first kappa shape index (κ1) is 7.90. The van der Waals surface area contributed by atoms with Crippen LogP contribution in [-0.2, 0) is 0 Å². The lowest BCUT2D eigenvalue weighted by atomic mass is 10.3. The van der Waals surface area contributed by atoms with Crippen LogP contribution in [0.2, 0.25) is 0 Å². The van der Waals surface area contributed by atoms with Crippen LogP contribution in [0.25, 0.3) is 10.6 Å². The van der Waals surface area contributed by atoms with Gasteiger partial charge in [-0.3, -0.25) is 4.98 Å². The van der Waals surface area contributed by atoms with E-state index in [-0.39, 0.29) is 0 Å². The molecular weight excluding hydrogens is 182 g/mol. The Labute approximate surface area is 79.3 Å². The van der Waals surface area contributed by atoms with Crippen molar-refractivity contribution in [3.05, 3.63) is 35.6 Å². The van der Waals surface area contributed by atoms with Gasteiger partial charge in [-0.2, -0.15) is 5.26 Å². The minimum Gasteiger partial charge on any atom is -0.264 e. The maximum absolute atomic E-state index is 8.58. The molecule has 0 radical (unpaired) electrons. The highest BCUT2D eigenvalue weighted by Crippen LogP contribution is 2.21. The fourth-order valence-corrected chi connectivity index (χ4v) is 1.68. The molecule has 2 aromatic rings. The third-order valence-corrected chi connectivity index (χ3v) is 2.42. The summed E-state index contributed by atoms with van der Waals surface area (Å²) in [5.41, 5.74) is 1.41. The van der Waals surface area contributed by atoms with Crippen molar-refractivity contribution in [3.8, 4) is 16.6 Å². The Morgan fingerprint density at radius 1 is 1.46 bits per heavy atom. The summed E-state index contributed by atoms with van der Waals surface area (Å²) in [5, 5.41) is 11.2. The van der Waals surface area contributed by atoms with Crippen molar-refractivity contribution >= 4 is 11.3 Å². The summed E-state index contributed by atoms with van der Waals surface area (Å²) in [7, 11) is 0. The Bertz CT molecular complexity index is 441. The number of nitrogens with zero attached hydrogens (tertiary/aromatic N) is 3. The summed E-state index contributed by atoms with van der Waals surface area (Å²) in [6.07, 6.45) is 3.45. The fourth-order valence-electron chi connectivity index (χ4n) is 0.947. The molecule has 0 aliphatic rings. The zero-order valence-electron chi connectivity index (χ0n) is 6.64. The van der Waals surface area contributed by atoms with Gasteiger partial charge in [0.05, 0.1) is 0 Å². The highest BCUT2D eigenvalue weighted by molar-refractivity contribution is 7.13.